The van der Waals surface area contributed by atoms with Crippen molar-refractivity contribution >= 4 is 101 Å². The van der Waals surface area contributed by atoms with E-state index in [0.717, 1.165) is 77.0 Å². The van der Waals surface area contributed by atoms with Crippen LogP contribution in [0.5, 0.6) is 0 Å². The number of nitrogens with zero attached hydrogens (tertiary/aromatic N) is 4. The molecule has 0 spiro atoms. The van der Waals surface area contributed by atoms with Crippen molar-refractivity contribution in [2.75, 3.05) is 9.80 Å². The fraction of sp³-hybridized carbons (Fsp3) is 0.400. The lowest BCUT2D eigenvalue weighted by molar-refractivity contribution is 0.568. The number of hydrogen-bond donors (Lipinski definition) is 0. The molecule has 750 valence electrons. The Morgan fingerprint density at radius 3 is 0.821 bits per heavy atom. The molecule has 0 radical (unpaired) electrons. The number of rotatable bonds is 9. The highest BCUT2D eigenvalue weighted by atomic mass is 15.2. The number of benzene rings is 14. The van der Waals surface area contributed by atoms with Gasteiger partial charge in [-0.2, -0.15) is 0 Å². The molecule has 14 aromatic carbocycles. The average molecular weight is 1930 g/mol. The molecule has 0 fully saturated rings. The quantitative estimate of drug-likeness (QED) is 0.134. The first-order chi connectivity index (χ1) is 74.3. The fourth-order valence-electron chi connectivity index (χ4n) is 20.9. The van der Waals surface area contributed by atoms with Crippen molar-refractivity contribution < 1.29 is 24.7 Å². The maximum Gasteiger partial charge on any atom is 0.252 e. The van der Waals surface area contributed by atoms with Gasteiger partial charge >= 0.3 is 0 Å². The highest BCUT2D eigenvalue weighted by molar-refractivity contribution is 7.00. The van der Waals surface area contributed by atoms with Gasteiger partial charge in [0.2, 0.25) is 0 Å². The summed E-state index contributed by atoms with van der Waals surface area (Å²) in [6, 6.07) is 44.4. The van der Waals surface area contributed by atoms with E-state index in [1.165, 1.54) is 0 Å². The van der Waals surface area contributed by atoms with E-state index in [0.29, 0.717) is 61.6 Å². The molecule has 2 aliphatic rings. The van der Waals surface area contributed by atoms with Crippen LogP contribution in [0.2, 0.25) is 0 Å². The van der Waals surface area contributed by atoms with Gasteiger partial charge in [-0.1, -0.05) is 430 Å². The number of aromatic nitrogens is 2. The molecule has 2 aromatic heterocycles. The Balaban J connectivity index is 1.24. The minimum absolute atomic E-state index is 0.0102. The van der Waals surface area contributed by atoms with Gasteiger partial charge in [0.15, 0.2) is 0 Å². The maximum atomic E-state index is 12.2. The van der Waals surface area contributed by atoms with Crippen LogP contribution in [0.15, 0.2) is 248 Å². The second kappa shape index (κ2) is 34.5. The van der Waals surface area contributed by atoms with E-state index in [-0.39, 0.29) is 207 Å². The zero-order valence-electron chi connectivity index (χ0n) is 113. The van der Waals surface area contributed by atoms with Gasteiger partial charge in [-0.15, -0.1) is 0 Å². The molecule has 4 heterocycles. The third-order valence-electron chi connectivity index (χ3n) is 29.9. The molecule has 0 unspecified atom stereocenters. The van der Waals surface area contributed by atoms with Crippen molar-refractivity contribution in [1.82, 2.24) is 9.13 Å². The van der Waals surface area contributed by atoms with Crippen molar-refractivity contribution in [3.8, 4) is 67.0 Å². The van der Waals surface area contributed by atoms with Crippen molar-refractivity contribution in [2.24, 2.45) is 0 Å². The SMILES string of the molecule is [2H]c1c([2H])c(C(C)(C)C)c(-c2c([2H])c(C(C)(C)C)c([2H])c(-c3c([2H])c([2H])c(C(C)(C)C)c([2H])c3[2H])c2N2c3cc(-n4c5ccc(C(C)(C)C)cc5c5cc(C(C)(C)C)ccc54)ccc3B3c4ccc(-n5c6ccc(C(C)(C)C)cc6c6cc(C(C)(C)C)ccc65)cc4N(c4c(-c5c([2H])c([2H])c(C(C)(C)C)c([2H])c5[2H])c([2H])c(C(C)(C)C)c([2H])c4-c4c([2H])c([2H])c(C(C)(C)C)c([2H])c4C(C)(C)C)c4cc(-c5cc(C(C)(C)C)cc(C(C)(C)C)c5)cc2c43)c(C(C)(C)C)c1[2H]. The molecule has 0 saturated heterocycles. The Kier molecular flexibility index (Phi) is 19.6. The third kappa shape index (κ3) is 18.9. The summed E-state index contributed by atoms with van der Waals surface area (Å²) in [4.78, 5) is 4.13. The van der Waals surface area contributed by atoms with Crippen LogP contribution in [-0.4, -0.2) is 15.8 Å². The highest BCUT2D eigenvalue weighted by Gasteiger charge is 2.48. The second-order valence-corrected chi connectivity index (χ2v) is 56.4. The summed E-state index contributed by atoms with van der Waals surface area (Å²) < 4.78 is 207. The molecule has 5 heteroatoms. The van der Waals surface area contributed by atoms with Crippen molar-refractivity contribution in [2.45, 2.75) is 367 Å². The Morgan fingerprint density at radius 1 is 0.207 bits per heavy atom. The van der Waals surface area contributed by atoms with Gasteiger partial charge in [-0.3, -0.25) is 0 Å². The zero-order valence-corrected chi connectivity index (χ0v) is 95.1. The Morgan fingerprint density at radius 2 is 0.503 bits per heavy atom. The van der Waals surface area contributed by atoms with E-state index in [1.807, 2.05) is 171 Å². The molecule has 145 heavy (non-hydrogen) atoms. The molecular weight excluding hydrogens is 1750 g/mol. The summed E-state index contributed by atoms with van der Waals surface area (Å²) in [5.41, 5.74) is 4.63. The Bertz CT molecular complexity index is 8760. The maximum absolute atomic E-state index is 12.2. The number of fused-ring (bicyclic) bond motifs is 10. The summed E-state index contributed by atoms with van der Waals surface area (Å²) in [7, 11) is 0. The lowest BCUT2D eigenvalue weighted by Gasteiger charge is -2.46. The van der Waals surface area contributed by atoms with Crippen LogP contribution in [0.1, 0.15) is 393 Å². The molecule has 4 nitrogen and oxygen atoms in total. The van der Waals surface area contributed by atoms with Crippen LogP contribution >= 0.6 is 0 Å². The van der Waals surface area contributed by atoms with Gasteiger partial charge in [-0.25, -0.2) is 0 Å². The summed E-state index contributed by atoms with van der Waals surface area (Å²) >= 11 is 0. The predicted molar refractivity (Wildman–Crippen MR) is 638 cm³/mol. The van der Waals surface area contributed by atoms with Crippen molar-refractivity contribution in [1.29, 1.82) is 0 Å². The highest BCUT2D eigenvalue weighted by Crippen LogP contribution is 2.60. The monoisotopic (exact) mass is 1930 g/mol. The molecule has 0 atom stereocenters. The van der Waals surface area contributed by atoms with Crippen molar-refractivity contribution in [3.05, 3.63) is 326 Å². The molecule has 0 bridgehead atoms. The largest absolute Gasteiger partial charge is 0.310 e. The van der Waals surface area contributed by atoms with Crippen molar-refractivity contribution in [3.63, 3.8) is 0 Å². The van der Waals surface area contributed by atoms with E-state index >= 15 is 0 Å². The summed E-state index contributed by atoms with van der Waals surface area (Å²) in [6.07, 6.45) is 0. The smallest absolute Gasteiger partial charge is 0.252 e. The van der Waals surface area contributed by atoms with Crippen LogP contribution < -0.4 is 26.2 Å². The molecule has 2 aliphatic heterocycles. The van der Waals surface area contributed by atoms with E-state index in [4.69, 9.17) is 0 Å². The van der Waals surface area contributed by atoms with Gasteiger partial charge in [0.25, 0.3) is 6.71 Å². The lowest BCUT2D eigenvalue weighted by Crippen LogP contribution is -2.61. The molecule has 18 rings (SSSR count). The van der Waals surface area contributed by atoms with Crippen LogP contribution in [0.3, 0.4) is 0 Å². The standard InChI is InChI=1S/C140H167BN4/c1-127(2,3)88-50-46-84(47-51-88)102-77-97(136(28,29)30)79-108(101-61-54-94(133(19,20)21)81-112(101)140(40,41)42)125(102)144-119-82-99(142-115-64-55-90(129(7,8)9)73-104(115)105-74-91(130(10,11)12)56-65-116(105)142)59-62-113(119)141-114-63-60-100(143-117-66-57-92(131(13,14)15)75-106(117)107-76-93(132(16,17)18)58-67-118(107)143)83-120(114)145(122-71-87(70-121(144)124(122)141)86-68-95(134(22,23)24)72-96(69-86)135(25,26)27)126-103(85-48-52-89(53-49-85)128(4,5)6)78-98(137(31,32)33)80-109(126)123-110(138(34,35)36)44-43-45-111(123)139(37,38)39/h43-83H,1-42H3/i43D,44D,45D,46D,47D,48D,49D,50D,51D,52D,53D,54D,61D,77D,78D,79D,80D,81D. The first-order valence-electron chi connectivity index (χ1n) is 61.6. The molecule has 0 amide bonds. The van der Waals surface area contributed by atoms with Gasteiger partial charge in [-0.05, 0) is 313 Å². The third-order valence-corrected chi connectivity index (χ3v) is 29.9. The van der Waals surface area contributed by atoms with Gasteiger partial charge < -0.3 is 18.9 Å². The van der Waals surface area contributed by atoms with Crippen LogP contribution in [-0.2, 0) is 75.8 Å². The molecule has 0 N–H and O–H groups in total. The minimum atomic E-state index is -1.24. The van der Waals surface area contributed by atoms with Crippen LogP contribution in [0, 0.1) is 0 Å². The van der Waals surface area contributed by atoms with Crippen LogP contribution in [0.4, 0.5) is 34.1 Å². The van der Waals surface area contributed by atoms with Gasteiger partial charge in [0, 0.05) is 77.9 Å². The van der Waals surface area contributed by atoms with Crippen LogP contribution in [0.25, 0.3) is 111 Å². The summed E-state index contributed by atoms with van der Waals surface area (Å²) in [5.74, 6) is 0. The lowest BCUT2D eigenvalue weighted by atomic mass is 9.33. The minimum Gasteiger partial charge on any atom is -0.310 e. The number of anilines is 6. The normalized spacial score (nSPS) is 15.8. The van der Waals surface area contributed by atoms with E-state index in [2.05, 4.69) is 278 Å². The summed E-state index contributed by atoms with van der Waals surface area (Å²) in [6.45, 7) is 84.6. The molecular formula is C140H167BN4. The molecule has 16 aromatic rings. The Labute approximate surface area is 899 Å². The van der Waals surface area contributed by atoms with Gasteiger partial charge in [0.05, 0.1) is 58.1 Å². The van der Waals surface area contributed by atoms with E-state index in [1.54, 1.807) is 0 Å². The van der Waals surface area contributed by atoms with E-state index in [9.17, 15) is 24.7 Å². The topological polar surface area (TPSA) is 16.3 Å². The van der Waals surface area contributed by atoms with Gasteiger partial charge in [0.1, 0.15) is 0 Å². The van der Waals surface area contributed by atoms with E-state index < -0.39 is 85.0 Å². The number of hydrogen-bond acceptors (Lipinski definition) is 2. The first kappa shape index (κ1) is 82.4. The molecule has 0 saturated carbocycles. The molecule has 0 aliphatic carbocycles. The second-order valence-electron chi connectivity index (χ2n) is 56.4. The average Bonchev–Trinajstić information content (AvgIpc) is 1.21. The Hall–Kier alpha value is -11.7. The first-order valence-corrected chi connectivity index (χ1v) is 52.6. The zero-order chi connectivity index (χ0) is 121. The summed E-state index contributed by atoms with van der Waals surface area (Å²) in [5, 5.41) is 3.92. The predicted octanol–water partition coefficient (Wildman–Crippen LogP) is 38.5. The fourth-order valence-corrected chi connectivity index (χ4v) is 20.9.